The second-order valence-corrected chi connectivity index (χ2v) is 5.55. The van der Waals surface area contributed by atoms with Crippen LogP contribution in [0.2, 0.25) is 0 Å². The van der Waals surface area contributed by atoms with Gasteiger partial charge >= 0.3 is 0 Å². The van der Waals surface area contributed by atoms with E-state index in [1.807, 2.05) is 13.8 Å². The average molecular weight is 298 g/mol. The molecule has 0 aliphatic carbocycles. The lowest BCUT2D eigenvalue weighted by atomic mass is 10.0. The van der Waals surface area contributed by atoms with E-state index in [-0.39, 0.29) is 17.4 Å². The van der Waals surface area contributed by atoms with Crippen LogP contribution in [0.15, 0.2) is 18.2 Å². The molecule has 0 radical (unpaired) electrons. The molecule has 0 bridgehead atoms. The minimum absolute atomic E-state index is 0.146. The summed E-state index contributed by atoms with van der Waals surface area (Å²) >= 11 is 0. The van der Waals surface area contributed by atoms with Crippen LogP contribution in [-0.2, 0) is 4.79 Å². The minimum atomic E-state index is -0.834. The Balaban J connectivity index is 2.91. The fourth-order valence-corrected chi connectivity index (χ4v) is 1.93. The van der Waals surface area contributed by atoms with Crippen molar-refractivity contribution in [3.05, 3.63) is 35.4 Å². The summed E-state index contributed by atoms with van der Waals surface area (Å²) in [7, 11) is 3.17. The fraction of sp³-hybridized carbons (Fsp3) is 0.467. The van der Waals surface area contributed by atoms with Crippen LogP contribution in [-0.4, -0.2) is 36.9 Å². The molecule has 1 aromatic rings. The number of carbonyl (C=O) groups excluding carboxylic acids is 2. The first-order valence-electron chi connectivity index (χ1n) is 6.68. The predicted molar refractivity (Wildman–Crippen MR) is 75.8 cm³/mol. The minimum Gasteiger partial charge on any atom is -0.347 e. The quantitative estimate of drug-likeness (QED) is 0.906. The van der Waals surface area contributed by atoms with Crippen LogP contribution in [0, 0.1) is 17.6 Å². The summed E-state index contributed by atoms with van der Waals surface area (Å²) in [4.78, 5) is 25.5. The second-order valence-electron chi connectivity index (χ2n) is 5.55. The molecule has 1 N–H and O–H groups in total. The van der Waals surface area contributed by atoms with Gasteiger partial charge in [0.15, 0.2) is 0 Å². The number of likely N-dealkylation sites (N-methyl/N-ethyl adjacent to an activating group) is 1. The third-order valence-corrected chi connectivity index (χ3v) is 2.88. The van der Waals surface area contributed by atoms with Crippen LogP contribution in [0.3, 0.4) is 0 Å². The zero-order chi connectivity index (χ0) is 16.2. The number of nitrogens with zero attached hydrogens (tertiary/aromatic N) is 1. The van der Waals surface area contributed by atoms with Crippen molar-refractivity contribution in [2.24, 2.45) is 5.92 Å². The number of nitrogens with one attached hydrogen (secondary N) is 1. The predicted octanol–water partition coefficient (Wildman–Crippen LogP) is 2.20. The molecule has 0 heterocycles. The van der Waals surface area contributed by atoms with E-state index in [0.29, 0.717) is 12.5 Å². The van der Waals surface area contributed by atoms with Crippen LogP contribution >= 0.6 is 0 Å². The normalized spacial score (nSPS) is 12.1. The maximum atomic E-state index is 13.1. The number of carbonyl (C=O) groups is 2. The van der Waals surface area contributed by atoms with Crippen LogP contribution in [0.25, 0.3) is 0 Å². The molecule has 0 unspecified atom stereocenters. The van der Waals surface area contributed by atoms with E-state index >= 15 is 0 Å². The second kappa shape index (κ2) is 7.15. The van der Waals surface area contributed by atoms with Crippen molar-refractivity contribution >= 4 is 11.8 Å². The van der Waals surface area contributed by atoms with E-state index in [1.54, 1.807) is 14.1 Å². The first kappa shape index (κ1) is 17.1. The smallest absolute Gasteiger partial charge is 0.252 e. The Morgan fingerprint density at radius 1 is 1.14 bits per heavy atom. The van der Waals surface area contributed by atoms with Gasteiger partial charge in [0, 0.05) is 25.7 Å². The SMILES string of the molecule is CC(C)C[C@@H](NC(=O)c1cc(F)cc(F)c1)C(=O)N(C)C. The van der Waals surface area contributed by atoms with Crippen molar-refractivity contribution in [2.75, 3.05) is 14.1 Å². The van der Waals surface area contributed by atoms with Crippen LogP contribution in [0.4, 0.5) is 8.78 Å². The van der Waals surface area contributed by atoms with Gasteiger partial charge in [0.2, 0.25) is 5.91 Å². The van der Waals surface area contributed by atoms with E-state index in [0.717, 1.165) is 12.1 Å². The highest BCUT2D eigenvalue weighted by Crippen LogP contribution is 2.11. The first-order valence-corrected chi connectivity index (χ1v) is 6.68. The molecule has 4 nitrogen and oxygen atoms in total. The molecule has 1 atom stereocenters. The van der Waals surface area contributed by atoms with Crippen molar-refractivity contribution in [3.8, 4) is 0 Å². The van der Waals surface area contributed by atoms with Gasteiger partial charge in [0.25, 0.3) is 5.91 Å². The molecule has 0 fully saturated rings. The van der Waals surface area contributed by atoms with Crippen molar-refractivity contribution in [3.63, 3.8) is 0 Å². The van der Waals surface area contributed by atoms with Gasteiger partial charge in [-0.15, -0.1) is 0 Å². The standard InChI is InChI=1S/C15H20F2N2O2/c1-9(2)5-13(15(21)19(3)4)18-14(20)10-6-11(16)8-12(17)7-10/h6-9,13H,5H2,1-4H3,(H,18,20)/t13-/m1/s1. The van der Waals surface area contributed by atoms with Gasteiger partial charge < -0.3 is 10.2 Å². The van der Waals surface area contributed by atoms with Crippen LogP contribution < -0.4 is 5.32 Å². The zero-order valence-electron chi connectivity index (χ0n) is 12.6. The molecule has 0 saturated heterocycles. The molecule has 0 aromatic heterocycles. The van der Waals surface area contributed by atoms with Gasteiger partial charge in [0.05, 0.1) is 0 Å². The highest BCUT2D eigenvalue weighted by Gasteiger charge is 2.24. The van der Waals surface area contributed by atoms with E-state index < -0.39 is 23.6 Å². The molecule has 0 saturated carbocycles. The maximum absolute atomic E-state index is 13.1. The third kappa shape index (κ3) is 5.13. The monoisotopic (exact) mass is 298 g/mol. The van der Waals surface area contributed by atoms with Crippen molar-refractivity contribution in [1.82, 2.24) is 10.2 Å². The summed E-state index contributed by atoms with van der Waals surface area (Å²) in [6, 6.07) is 1.84. The lowest BCUT2D eigenvalue weighted by Gasteiger charge is -2.23. The van der Waals surface area contributed by atoms with Gasteiger partial charge in [-0.2, -0.15) is 0 Å². The van der Waals surface area contributed by atoms with E-state index in [9.17, 15) is 18.4 Å². The fourth-order valence-electron chi connectivity index (χ4n) is 1.93. The van der Waals surface area contributed by atoms with Gasteiger partial charge in [-0.3, -0.25) is 9.59 Å². The third-order valence-electron chi connectivity index (χ3n) is 2.88. The molecule has 116 valence electrons. The Hall–Kier alpha value is -1.98. The molecule has 0 aliphatic rings. The first-order chi connectivity index (χ1) is 9.70. The van der Waals surface area contributed by atoms with Gasteiger partial charge in [0.1, 0.15) is 17.7 Å². The van der Waals surface area contributed by atoms with Crippen molar-refractivity contribution in [2.45, 2.75) is 26.3 Å². The van der Waals surface area contributed by atoms with Gasteiger partial charge in [-0.05, 0) is 24.5 Å². The number of hydrogen-bond acceptors (Lipinski definition) is 2. The maximum Gasteiger partial charge on any atom is 0.252 e. The largest absolute Gasteiger partial charge is 0.347 e. The lowest BCUT2D eigenvalue weighted by molar-refractivity contribution is -0.131. The Morgan fingerprint density at radius 3 is 2.10 bits per heavy atom. The lowest BCUT2D eigenvalue weighted by Crippen LogP contribution is -2.47. The molecular weight excluding hydrogens is 278 g/mol. The Morgan fingerprint density at radius 2 is 1.67 bits per heavy atom. The number of amides is 2. The molecule has 21 heavy (non-hydrogen) atoms. The van der Waals surface area contributed by atoms with Gasteiger partial charge in [-0.25, -0.2) is 8.78 Å². The highest BCUT2D eigenvalue weighted by molar-refractivity contribution is 5.97. The number of rotatable bonds is 5. The molecule has 6 heteroatoms. The van der Waals surface area contributed by atoms with E-state index in [2.05, 4.69) is 5.32 Å². The highest BCUT2D eigenvalue weighted by atomic mass is 19.1. The number of benzene rings is 1. The number of hydrogen-bond donors (Lipinski definition) is 1. The molecule has 1 aromatic carbocycles. The summed E-state index contributed by atoms with van der Waals surface area (Å²) < 4.78 is 26.3. The summed E-state index contributed by atoms with van der Waals surface area (Å²) in [6.07, 6.45) is 0.445. The summed E-state index contributed by atoms with van der Waals surface area (Å²) in [5.74, 6) is -2.41. The van der Waals surface area contributed by atoms with Gasteiger partial charge in [-0.1, -0.05) is 13.8 Å². The number of halogens is 2. The molecule has 1 rings (SSSR count). The topological polar surface area (TPSA) is 49.4 Å². The Kier molecular flexibility index (Phi) is 5.81. The molecule has 0 aliphatic heterocycles. The van der Waals surface area contributed by atoms with Crippen LogP contribution in [0.5, 0.6) is 0 Å². The Bertz CT molecular complexity index is 510. The molecule has 2 amide bonds. The zero-order valence-corrected chi connectivity index (χ0v) is 12.6. The summed E-state index contributed by atoms with van der Waals surface area (Å²) in [5, 5.41) is 2.54. The summed E-state index contributed by atoms with van der Waals surface area (Å²) in [6.45, 7) is 3.84. The molecular formula is C15H20F2N2O2. The average Bonchev–Trinajstić information content (AvgIpc) is 2.35. The van der Waals surface area contributed by atoms with Crippen molar-refractivity contribution < 1.29 is 18.4 Å². The molecule has 0 spiro atoms. The van der Waals surface area contributed by atoms with Crippen LogP contribution in [0.1, 0.15) is 30.6 Å². The summed E-state index contributed by atoms with van der Waals surface area (Å²) in [5.41, 5.74) is -0.146. The van der Waals surface area contributed by atoms with Crippen molar-refractivity contribution in [1.29, 1.82) is 0 Å². The Labute approximate surface area is 123 Å². The van der Waals surface area contributed by atoms with E-state index in [1.165, 1.54) is 4.90 Å². The van der Waals surface area contributed by atoms with E-state index in [4.69, 9.17) is 0 Å².